The summed E-state index contributed by atoms with van der Waals surface area (Å²) in [7, 11) is 0. The van der Waals surface area contributed by atoms with Crippen molar-refractivity contribution in [3.8, 4) is 0 Å². The average molecular weight is 425 g/mol. The summed E-state index contributed by atoms with van der Waals surface area (Å²) in [5, 5.41) is 9.58. The van der Waals surface area contributed by atoms with Gasteiger partial charge in [0.1, 0.15) is 11.4 Å². The Morgan fingerprint density at radius 2 is 2.03 bits per heavy atom. The molecule has 0 saturated heterocycles. The first-order chi connectivity index (χ1) is 14.8. The summed E-state index contributed by atoms with van der Waals surface area (Å²) < 4.78 is 40.1. The number of rotatable bonds is 3. The number of hydrogen-bond donors (Lipinski definition) is 2. The quantitative estimate of drug-likeness (QED) is 0.626. The fourth-order valence-corrected chi connectivity index (χ4v) is 3.18. The van der Waals surface area contributed by atoms with Crippen LogP contribution in [0.2, 0.25) is 0 Å². The number of dihydropyridines is 1. The first-order valence-corrected chi connectivity index (χ1v) is 9.00. The predicted octanol–water partition coefficient (Wildman–Crippen LogP) is 3.61. The standard InChI is InChI=1S/C21H14F3N5O2/c1-12-7-13(8-15(11-30)27-12)17-3-2-4-18-16(10-26-29(17)18)20(31)28-14-5-6-25-19(9-14)21(22,23)24/h2-10,27H,1H3,(H,25,28,31). The maximum absolute atomic E-state index is 12.9. The molecule has 4 rings (SSSR count). The third kappa shape index (κ3) is 3.96. The van der Waals surface area contributed by atoms with Gasteiger partial charge in [-0.25, -0.2) is 9.31 Å². The minimum atomic E-state index is -4.62. The molecule has 31 heavy (non-hydrogen) atoms. The molecule has 0 fully saturated rings. The Bertz CT molecular complexity index is 1310. The predicted molar refractivity (Wildman–Crippen MR) is 106 cm³/mol. The third-order valence-electron chi connectivity index (χ3n) is 4.51. The molecule has 1 aliphatic heterocycles. The van der Waals surface area contributed by atoms with Gasteiger partial charge < -0.3 is 10.6 Å². The smallest absolute Gasteiger partial charge is 0.350 e. The second-order valence-electron chi connectivity index (χ2n) is 6.72. The van der Waals surface area contributed by atoms with Gasteiger partial charge in [0.25, 0.3) is 5.91 Å². The van der Waals surface area contributed by atoms with E-state index >= 15 is 0 Å². The number of carbonyl (C=O) groups excluding carboxylic acids is 2. The van der Waals surface area contributed by atoms with E-state index in [1.54, 1.807) is 31.2 Å². The summed E-state index contributed by atoms with van der Waals surface area (Å²) >= 11 is 0. The van der Waals surface area contributed by atoms with Crippen LogP contribution >= 0.6 is 0 Å². The van der Waals surface area contributed by atoms with Crippen LogP contribution in [0.15, 0.2) is 66.3 Å². The van der Waals surface area contributed by atoms with Crippen molar-refractivity contribution in [2.75, 3.05) is 5.32 Å². The topological polar surface area (TPSA) is 88.4 Å². The third-order valence-corrected chi connectivity index (χ3v) is 4.51. The monoisotopic (exact) mass is 425 g/mol. The Morgan fingerprint density at radius 3 is 2.77 bits per heavy atom. The van der Waals surface area contributed by atoms with Crippen LogP contribution in [0.1, 0.15) is 28.7 Å². The van der Waals surface area contributed by atoms with E-state index in [0.717, 1.165) is 18.0 Å². The summed E-state index contributed by atoms with van der Waals surface area (Å²) in [5.74, 6) is 1.19. The van der Waals surface area contributed by atoms with Crippen molar-refractivity contribution in [3.63, 3.8) is 0 Å². The number of allylic oxidation sites excluding steroid dienone is 4. The van der Waals surface area contributed by atoms with Gasteiger partial charge in [-0.1, -0.05) is 6.07 Å². The molecule has 2 N–H and O–H groups in total. The van der Waals surface area contributed by atoms with Gasteiger partial charge in [0.15, 0.2) is 5.94 Å². The number of nitrogens with zero attached hydrogens (tertiary/aromatic N) is 3. The lowest BCUT2D eigenvalue weighted by Gasteiger charge is -2.14. The lowest BCUT2D eigenvalue weighted by Crippen LogP contribution is -2.15. The fourth-order valence-electron chi connectivity index (χ4n) is 3.18. The molecule has 1 aliphatic rings. The molecule has 0 atom stereocenters. The van der Waals surface area contributed by atoms with Crippen molar-refractivity contribution in [2.45, 2.75) is 13.1 Å². The summed E-state index contributed by atoms with van der Waals surface area (Å²) in [5.41, 5.74) is 1.77. The van der Waals surface area contributed by atoms with Gasteiger partial charge in [-0.05, 0) is 43.3 Å². The van der Waals surface area contributed by atoms with Crippen molar-refractivity contribution in [1.82, 2.24) is 19.9 Å². The first kappa shape index (κ1) is 20.1. The van der Waals surface area contributed by atoms with Crippen LogP contribution in [0.3, 0.4) is 0 Å². The average Bonchev–Trinajstić information content (AvgIpc) is 3.17. The van der Waals surface area contributed by atoms with Gasteiger partial charge in [-0.15, -0.1) is 0 Å². The lowest BCUT2D eigenvalue weighted by molar-refractivity contribution is -0.141. The molecule has 0 aliphatic carbocycles. The summed E-state index contributed by atoms with van der Waals surface area (Å²) in [4.78, 5) is 27.1. The molecule has 0 saturated carbocycles. The van der Waals surface area contributed by atoms with E-state index in [2.05, 4.69) is 20.7 Å². The van der Waals surface area contributed by atoms with E-state index in [0.29, 0.717) is 16.8 Å². The zero-order valence-electron chi connectivity index (χ0n) is 16.0. The van der Waals surface area contributed by atoms with Gasteiger partial charge in [0.2, 0.25) is 0 Å². The molecule has 1 amide bonds. The second-order valence-corrected chi connectivity index (χ2v) is 6.72. The molecule has 0 spiro atoms. The van der Waals surface area contributed by atoms with E-state index < -0.39 is 17.8 Å². The molecule has 3 aromatic heterocycles. The van der Waals surface area contributed by atoms with Crippen LogP contribution in [0.25, 0.3) is 11.1 Å². The molecule has 0 bridgehead atoms. The molecular weight excluding hydrogens is 411 g/mol. The molecule has 0 unspecified atom stereocenters. The Morgan fingerprint density at radius 1 is 1.23 bits per heavy atom. The number of nitrogens with one attached hydrogen (secondary N) is 2. The van der Waals surface area contributed by atoms with Gasteiger partial charge in [0, 0.05) is 23.2 Å². The molecule has 4 heterocycles. The fraction of sp³-hybridized carbons (Fsp3) is 0.0952. The summed E-state index contributed by atoms with van der Waals surface area (Å²) in [6.45, 7) is 1.79. The number of hydrogen-bond acceptors (Lipinski definition) is 5. The van der Waals surface area contributed by atoms with Gasteiger partial charge in [-0.2, -0.15) is 18.3 Å². The number of carbonyl (C=O) groups is 1. The molecule has 10 heteroatoms. The van der Waals surface area contributed by atoms with Gasteiger partial charge in [-0.3, -0.25) is 9.78 Å². The number of aromatic nitrogens is 3. The molecule has 0 aromatic carbocycles. The Kier molecular flexibility index (Phi) is 4.92. The highest BCUT2D eigenvalue weighted by atomic mass is 19.4. The lowest BCUT2D eigenvalue weighted by atomic mass is 10.1. The molecule has 7 nitrogen and oxygen atoms in total. The number of alkyl halides is 3. The highest BCUT2D eigenvalue weighted by Crippen LogP contribution is 2.29. The first-order valence-electron chi connectivity index (χ1n) is 9.00. The van der Waals surface area contributed by atoms with Crippen LogP contribution in [-0.2, 0) is 11.0 Å². The number of amides is 1. The van der Waals surface area contributed by atoms with E-state index in [1.165, 1.54) is 16.8 Å². The summed E-state index contributed by atoms with van der Waals surface area (Å²) in [6, 6.07) is 7.17. The Hall–Kier alpha value is -4.17. The molecular formula is C21H14F3N5O2. The van der Waals surface area contributed by atoms with Gasteiger partial charge in [0.05, 0.1) is 23.0 Å². The molecule has 0 radical (unpaired) electrons. The van der Waals surface area contributed by atoms with Crippen molar-refractivity contribution < 1.29 is 22.8 Å². The van der Waals surface area contributed by atoms with E-state index in [-0.39, 0.29) is 16.9 Å². The zero-order chi connectivity index (χ0) is 22.2. The largest absolute Gasteiger partial charge is 0.433 e. The van der Waals surface area contributed by atoms with Crippen LogP contribution < -0.4 is 10.6 Å². The van der Waals surface area contributed by atoms with Crippen LogP contribution in [0, 0.1) is 0 Å². The van der Waals surface area contributed by atoms with Crippen molar-refractivity contribution in [2.24, 2.45) is 0 Å². The maximum Gasteiger partial charge on any atom is 0.433 e. The molecule has 156 valence electrons. The minimum absolute atomic E-state index is 0.0387. The Labute approximate surface area is 173 Å². The van der Waals surface area contributed by atoms with Crippen LogP contribution in [0.4, 0.5) is 18.9 Å². The number of halogens is 3. The zero-order valence-corrected chi connectivity index (χ0v) is 16.0. The maximum atomic E-state index is 12.9. The molecule has 3 aromatic rings. The SMILES string of the molecule is CC1=CC(c2cccc3c(C(=O)Nc4ccnc(C(F)(F)F)c4)cnn23)=CC(=C=O)N1. The minimum Gasteiger partial charge on any atom is -0.350 e. The Balaban J connectivity index is 1.70. The number of pyridine rings is 2. The van der Waals surface area contributed by atoms with Crippen LogP contribution in [-0.4, -0.2) is 26.4 Å². The van der Waals surface area contributed by atoms with Crippen molar-refractivity contribution in [3.05, 3.63) is 83.2 Å². The van der Waals surface area contributed by atoms with Gasteiger partial charge >= 0.3 is 6.18 Å². The van der Waals surface area contributed by atoms with Crippen molar-refractivity contribution in [1.29, 1.82) is 0 Å². The number of fused-ring (bicyclic) bond motifs is 1. The highest BCUT2D eigenvalue weighted by Gasteiger charge is 2.32. The van der Waals surface area contributed by atoms with E-state index in [9.17, 15) is 22.8 Å². The van der Waals surface area contributed by atoms with E-state index in [4.69, 9.17) is 0 Å². The normalized spacial score (nSPS) is 13.9. The highest BCUT2D eigenvalue weighted by molar-refractivity contribution is 6.09. The number of anilines is 1. The summed E-state index contributed by atoms with van der Waals surface area (Å²) in [6.07, 6.45) is 1.10. The van der Waals surface area contributed by atoms with Crippen LogP contribution in [0.5, 0.6) is 0 Å². The second kappa shape index (κ2) is 7.58. The van der Waals surface area contributed by atoms with Crippen molar-refractivity contribution >= 4 is 28.6 Å². The van der Waals surface area contributed by atoms with E-state index in [1.807, 2.05) is 12.0 Å².